The molecular formula is C34H44N2O2. The standard InChI is InChI=1S/C34H44N2O2/c1-28-9-3-4-12-31(28)26-35-21-19-34(20-22-35)18-8-7-11-30-10-5-6-13-33(30)38-24-23-36(27-34)25-29-14-16-32(37-2)17-15-29/h3-6,9-10,12-17H,7-8,11,18-27H2,1-2H3. The van der Waals surface area contributed by atoms with Crippen molar-refractivity contribution in [3.8, 4) is 11.5 Å². The number of hydrogen-bond acceptors (Lipinski definition) is 4. The number of fused-ring (bicyclic) bond motifs is 1. The molecule has 0 N–H and O–H groups in total. The Bertz CT molecular complexity index is 1150. The van der Waals surface area contributed by atoms with Gasteiger partial charge in [-0.3, -0.25) is 9.80 Å². The first-order valence-corrected chi connectivity index (χ1v) is 14.5. The van der Waals surface area contributed by atoms with Gasteiger partial charge in [0.15, 0.2) is 0 Å². The molecule has 0 bridgehead atoms. The third-order valence-electron chi connectivity index (χ3n) is 8.74. The van der Waals surface area contributed by atoms with Gasteiger partial charge in [-0.05, 0) is 98.0 Å². The van der Waals surface area contributed by atoms with Gasteiger partial charge in [0.2, 0.25) is 0 Å². The number of rotatable bonds is 5. The Hall–Kier alpha value is -2.82. The van der Waals surface area contributed by atoms with Crippen molar-refractivity contribution in [2.24, 2.45) is 5.41 Å². The lowest BCUT2D eigenvalue weighted by Crippen LogP contribution is -2.47. The van der Waals surface area contributed by atoms with Gasteiger partial charge in [0, 0.05) is 26.2 Å². The van der Waals surface area contributed by atoms with E-state index in [-0.39, 0.29) is 0 Å². The Morgan fingerprint density at radius 1 is 0.789 bits per heavy atom. The molecule has 38 heavy (non-hydrogen) atoms. The first kappa shape index (κ1) is 26.8. The molecule has 0 aromatic heterocycles. The highest BCUT2D eigenvalue weighted by atomic mass is 16.5. The molecule has 2 heterocycles. The van der Waals surface area contributed by atoms with Gasteiger partial charge in [-0.2, -0.15) is 0 Å². The summed E-state index contributed by atoms with van der Waals surface area (Å²) in [7, 11) is 1.73. The molecule has 2 aliphatic rings. The Kier molecular flexibility index (Phi) is 9.03. The van der Waals surface area contributed by atoms with Crippen LogP contribution in [0.15, 0.2) is 72.8 Å². The van der Waals surface area contributed by atoms with Crippen molar-refractivity contribution in [3.63, 3.8) is 0 Å². The van der Waals surface area contributed by atoms with E-state index in [4.69, 9.17) is 9.47 Å². The van der Waals surface area contributed by atoms with Gasteiger partial charge in [-0.25, -0.2) is 0 Å². The smallest absolute Gasteiger partial charge is 0.122 e. The average molecular weight is 513 g/mol. The molecule has 202 valence electrons. The first-order chi connectivity index (χ1) is 18.6. The van der Waals surface area contributed by atoms with Gasteiger partial charge in [-0.15, -0.1) is 0 Å². The van der Waals surface area contributed by atoms with E-state index in [0.717, 1.165) is 50.7 Å². The van der Waals surface area contributed by atoms with E-state index >= 15 is 0 Å². The Balaban J connectivity index is 1.31. The van der Waals surface area contributed by atoms with Crippen molar-refractivity contribution in [2.75, 3.05) is 39.9 Å². The van der Waals surface area contributed by atoms with E-state index < -0.39 is 0 Å². The number of aryl methyl sites for hydroxylation is 2. The summed E-state index contributed by atoms with van der Waals surface area (Å²) >= 11 is 0. The van der Waals surface area contributed by atoms with Crippen LogP contribution in [0.3, 0.4) is 0 Å². The van der Waals surface area contributed by atoms with Crippen molar-refractivity contribution in [2.45, 2.75) is 58.5 Å². The molecule has 1 saturated heterocycles. The summed E-state index contributed by atoms with van der Waals surface area (Å²) in [6, 6.07) is 26.1. The lowest BCUT2D eigenvalue weighted by Gasteiger charge is -2.45. The molecule has 0 saturated carbocycles. The quantitative estimate of drug-likeness (QED) is 0.371. The average Bonchev–Trinajstić information content (AvgIpc) is 2.94. The molecule has 4 heteroatoms. The minimum absolute atomic E-state index is 0.368. The van der Waals surface area contributed by atoms with Crippen LogP contribution in [0.4, 0.5) is 0 Å². The lowest BCUT2D eigenvalue weighted by molar-refractivity contribution is 0.0409. The zero-order chi connectivity index (χ0) is 26.2. The van der Waals surface area contributed by atoms with Crippen LogP contribution in [0.1, 0.15) is 54.4 Å². The maximum atomic E-state index is 6.37. The van der Waals surface area contributed by atoms with Crippen molar-refractivity contribution in [3.05, 3.63) is 95.1 Å². The molecule has 2 aliphatic heterocycles. The third-order valence-corrected chi connectivity index (χ3v) is 8.74. The Labute approximate surface area is 229 Å². The van der Waals surface area contributed by atoms with Gasteiger partial charge in [0.25, 0.3) is 0 Å². The van der Waals surface area contributed by atoms with E-state index in [1.54, 1.807) is 7.11 Å². The normalized spacial score (nSPS) is 19.1. The second kappa shape index (κ2) is 12.8. The van der Waals surface area contributed by atoms with Crippen LogP contribution in [0.2, 0.25) is 0 Å². The Morgan fingerprint density at radius 2 is 1.55 bits per heavy atom. The molecule has 0 amide bonds. The largest absolute Gasteiger partial charge is 0.497 e. The summed E-state index contributed by atoms with van der Waals surface area (Å²) in [5, 5.41) is 0. The van der Waals surface area contributed by atoms with E-state index in [1.807, 2.05) is 0 Å². The third kappa shape index (κ3) is 6.98. The second-order valence-electron chi connectivity index (χ2n) is 11.4. The summed E-state index contributed by atoms with van der Waals surface area (Å²) in [5.41, 5.74) is 5.94. The van der Waals surface area contributed by atoms with Crippen LogP contribution in [-0.2, 0) is 19.5 Å². The van der Waals surface area contributed by atoms with Crippen LogP contribution in [0.5, 0.6) is 11.5 Å². The zero-order valence-electron chi connectivity index (χ0n) is 23.3. The highest BCUT2D eigenvalue weighted by molar-refractivity contribution is 5.33. The van der Waals surface area contributed by atoms with Crippen LogP contribution < -0.4 is 9.47 Å². The molecule has 1 fully saturated rings. The van der Waals surface area contributed by atoms with Crippen LogP contribution in [0.25, 0.3) is 0 Å². The van der Waals surface area contributed by atoms with E-state index in [0.29, 0.717) is 5.41 Å². The van der Waals surface area contributed by atoms with Gasteiger partial charge in [0.05, 0.1) is 7.11 Å². The minimum atomic E-state index is 0.368. The Morgan fingerprint density at radius 3 is 2.34 bits per heavy atom. The van der Waals surface area contributed by atoms with Gasteiger partial charge < -0.3 is 9.47 Å². The fourth-order valence-corrected chi connectivity index (χ4v) is 6.33. The monoisotopic (exact) mass is 512 g/mol. The maximum absolute atomic E-state index is 6.37. The van der Waals surface area contributed by atoms with Crippen molar-refractivity contribution < 1.29 is 9.47 Å². The maximum Gasteiger partial charge on any atom is 0.122 e. The molecule has 4 nitrogen and oxygen atoms in total. The molecule has 0 radical (unpaired) electrons. The fourth-order valence-electron chi connectivity index (χ4n) is 6.33. The number of benzene rings is 3. The highest BCUT2D eigenvalue weighted by Gasteiger charge is 2.36. The summed E-state index contributed by atoms with van der Waals surface area (Å²) < 4.78 is 11.8. The van der Waals surface area contributed by atoms with Crippen LogP contribution in [-0.4, -0.2) is 49.7 Å². The van der Waals surface area contributed by atoms with E-state index in [1.165, 1.54) is 67.4 Å². The number of para-hydroxylation sites is 1. The van der Waals surface area contributed by atoms with Crippen molar-refractivity contribution in [1.29, 1.82) is 0 Å². The van der Waals surface area contributed by atoms with Crippen molar-refractivity contribution in [1.82, 2.24) is 9.80 Å². The van der Waals surface area contributed by atoms with Crippen molar-refractivity contribution >= 4 is 0 Å². The van der Waals surface area contributed by atoms with Crippen LogP contribution >= 0.6 is 0 Å². The molecule has 3 aromatic rings. The van der Waals surface area contributed by atoms with Gasteiger partial charge in [0.1, 0.15) is 18.1 Å². The predicted octanol–water partition coefficient (Wildman–Crippen LogP) is 6.89. The molecule has 1 spiro atoms. The molecule has 0 aliphatic carbocycles. The van der Waals surface area contributed by atoms with E-state index in [9.17, 15) is 0 Å². The molecule has 0 atom stereocenters. The molecular weight excluding hydrogens is 468 g/mol. The first-order valence-electron chi connectivity index (χ1n) is 14.5. The molecule has 0 unspecified atom stereocenters. The minimum Gasteiger partial charge on any atom is -0.497 e. The van der Waals surface area contributed by atoms with Crippen LogP contribution in [0, 0.1) is 12.3 Å². The number of methoxy groups -OCH3 is 1. The molecule has 5 rings (SSSR count). The molecule has 3 aromatic carbocycles. The van der Waals surface area contributed by atoms with Gasteiger partial charge in [-0.1, -0.05) is 61.0 Å². The summed E-state index contributed by atoms with van der Waals surface area (Å²) in [5.74, 6) is 1.98. The number of likely N-dealkylation sites (tertiary alicyclic amines) is 1. The summed E-state index contributed by atoms with van der Waals surface area (Å²) in [4.78, 5) is 5.33. The SMILES string of the molecule is COc1ccc(CN2CCOc3ccccc3CCCCC3(CCN(Cc4ccccc4C)CC3)C2)cc1. The number of ether oxygens (including phenoxy) is 2. The number of hydrogen-bond donors (Lipinski definition) is 0. The predicted molar refractivity (Wildman–Crippen MR) is 156 cm³/mol. The number of piperidine rings is 1. The summed E-state index contributed by atoms with van der Waals surface area (Å²) in [6.07, 6.45) is 7.48. The highest BCUT2D eigenvalue weighted by Crippen LogP contribution is 2.39. The van der Waals surface area contributed by atoms with E-state index in [2.05, 4.69) is 89.5 Å². The van der Waals surface area contributed by atoms with Gasteiger partial charge >= 0.3 is 0 Å². The second-order valence-corrected chi connectivity index (χ2v) is 11.4. The fraction of sp³-hybridized carbons (Fsp3) is 0.471. The number of nitrogens with zero attached hydrogens (tertiary/aromatic N) is 2. The summed E-state index contributed by atoms with van der Waals surface area (Å²) in [6.45, 7) is 9.44. The zero-order valence-corrected chi connectivity index (χ0v) is 23.3. The topological polar surface area (TPSA) is 24.9 Å². The lowest BCUT2D eigenvalue weighted by atomic mass is 9.73.